The van der Waals surface area contributed by atoms with E-state index in [9.17, 15) is 9.59 Å². The number of ether oxygens (including phenoxy) is 1. The van der Waals surface area contributed by atoms with Gasteiger partial charge in [0, 0.05) is 27.9 Å². The van der Waals surface area contributed by atoms with Crippen molar-refractivity contribution in [1.29, 1.82) is 0 Å². The molecule has 0 bridgehead atoms. The van der Waals surface area contributed by atoms with E-state index in [1.807, 2.05) is 26.0 Å². The maximum absolute atomic E-state index is 12.4. The Morgan fingerprint density at radius 1 is 1.21 bits per heavy atom. The summed E-state index contributed by atoms with van der Waals surface area (Å²) in [6, 6.07) is 10.6. The van der Waals surface area contributed by atoms with Gasteiger partial charge in [0.15, 0.2) is 5.43 Å². The van der Waals surface area contributed by atoms with E-state index in [1.165, 1.54) is 18.9 Å². The van der Waals surface area contributed by atoms with Gasteiger partial charge < -0.3 is 15.0 Å². The molecule has 0 spiro atoms. The number of hydrogen-bond donors (Lipinski definition) is 2. The minimum absolute atomic E-state index is 0.00466. The largest absolute Gasteiger partial charge is 0.495 e. The van der Waals surface area contributed by atoms with Crippen LogP contribution in [0.25, 0.3) is 10.9 Å². The molecule has 28 heavy (non-hydrogen) atoms. The first kappa shape index (κ1) is 20.3. The number of aryl methyl sites for hydroxylation is 2. The number of carbonyl (C=O) groups is 1. The van der Waals surface area contributed by atoms with Crippen molar-refractivity contribution in [1.82, 2.24) is 4.98 Å². The number of aromatic nitrogens is 1. The van der Waals surface area contributed by atoms with Crippen LogP contribution in [0.3, 0.4) is 0 Å². The summed E-state index contributed by atoms with van der Waals surface area (Å²) >= 11 is 7.40. The predicted octanol–water partition coefficient (Wildman–Crippen LogP) is 4.68. The molecule has 0 aliphatic heterocycles. The number of thioether (sulfide) groups is 1. The number of fused-ring (bicyclic) bond motifs is 1. The minimum Gasteiger partial charge on any atom is -0.495 e. The van der Waals surface area contributed by atoms with E-state index in [1.54, 1.807) is 24.3 Å². The maximum Gasteiger partial charge on any atom is 0.234 e. The highest BCUT2D eigenvalue weighted by molar-refractivity contribution is 7.99. The second kappa shape index (κ2) is 8.71. The molecule has 0 saturated heterocycles. The minimum atomic E-state index is -0.166. The number of aromatic amines is 1. The monoisotopic (exact) mass is 416 g/mol. The topological polar surface area (TPSA) is 71.2 Å². The molecule has 2 N–H and O–H groups in total. The zero-order valence-corrected chi connectivity index (χ0v) is 17.5. The van der Waals surface area contributed by atoms with Gasteiger partial charge in [-0.3, -0.25) is 9.59 Å². The van der Waals surface area contributed by atoms with Crippen molar-refractivity contribution in [3.8, 4) is 5.75 Å². The van der Waals surface area contributed by atoms with Crippen LogP contribution in [0.1, 0.15) is 16.8 Å². The van der Waals surface area contributed by atoms with Gasteiger partial charge in [0.2, 0.25) is 5.91 Å². The molecule has 0 saturated carbocycles. The fourth-order valence-corrected chi connectivity index (χ4v) is 4.04. The molecule has 146 valence electrons. The molecule has 1 heterocycles. The fraction of sp³-hybridized carbons (Fsp3) is 0.238. The molecule has 5 nitrogen and oxygen atoms in total. The number of benzene rings is 2. The molecule has 3 rings (SSSR count). The van der Waals surface area contributed by atoms with Gasteiger partial charge in [0.05, 0.1) is 24.1 Å². The molecule has 1 aromatic heterocycles. The van der Waals surface area contributed by atoms with E-state index in [2.05, 4.69) is 10.3 Å². The summed E-state index contributed by atoms with van der Waals surface area (Å²) in [5.74, 6) is 1.15. The third-order valence-corrected chi connectivity index (χ3v) is 5.47. The molecule has 0 unspecified atom stereocenters. The quantitative estimate of drug-likeness (QED) is 0.612. The Morgan fingerprint density at radius 3 is 2.75 bits per heavy atom. The van der Waals surface area contributed by atoms with E-state index in [-0.39, 0.29) is 17.1 Å². The van der Waals surface area contributed by atoms with Gasteiger partial charge in [-0.05, 0) is 49.2 Å². The van der Waals surface area contributed by atoms with Crippen molar-refractivity contribution in [2.24, 2.45) is 0 Å². The van der Waals surface area contributed by atoms with Crippen molar-refractivity contribution in [3.63, 3.8) is 0 Å². The Morgan fingerprint density at radius 2 is 2.00 bits per heavy atom. The molecule has 7 heteroatoms. The van der Waals surface area contributed by atoms with Crippen LogP contribution in [0, 0.1) is 13.8 Å². The number of amides is 1. The van der Waals surface area contributed by atoms with E-state index >= 15 is 0 Å². The zero-order valence-electron chi connectivity index (χ0n) is 15.9. The summed E-state index contributed by atoms with van der Waals surface area (Å²) in [6.45, 7) is 3.94. The van der Waals surface area contributed by atoms with E-state index in [4.69, 9.17) is 16.3 Å². The van der Waals surface area contributed by atoms with Gasteiger partial charge in [-0.15, -0.1) is 11.8 Å². The van der Waals surface area contributed by atoms with E-state index in [0.29, 0.717) is 27.6 Å². The number of nitrogens with one attached hydrogen (secondary N) is 2. The van der Waals surface area contributed by atoms with Crippen LogP contribution in [-0.4, -0.2) is 23.8 Å². The first-order valence-electron chi connectivity index (χ1n) is 8.71. The van der Waals surface area contributed by atoms with Crippen LogP contribution in [0.15, 0.2) is 41.2 Å². The van der Waals surface area contributed by atoms with Crippen LogP contribution in [0.5, 0.6) is 5.75 Å². The summed E-state index contributed by atoms with van der Waals surface area (Å²) in [5, 5.41) is 4.03. The summed E-state index contributed by atoms with van der Waals surface area (Å²) in [5.41, 5.74) is 4.21. The zero-order chi connectivity index (χ0) is 20.3. The lowest BCUT2D eigenvalue weighted by Gasteiger charge is -2.11. The van der Waals surface area contributed by atoms with Crippen molar-refractivity contribution < 1.29 is 9.53 Å². The van der Waals surface area contributed by atoms with Gasteiger partial charge in [0.25, 0.3) is 0 Å². The average Bonchev–Trinajstić information content (AvgIpc) is 2.61. The summed E-state index contributed by atoms with van der Waals surface area (Å²) < 4.78 is 5.23. The lowest BCUT2D eigenvalue weighted by Crippen LogP contribution is -2.15. The van der Waals surface area contributed by atoms with Crippen LogP contribution in [0.2, 0.25) is 5.02 Å². The lowest BCUT2D eigenvalue weighted by molar-refractivity contribution is -0.113. The number of hydrogen-bond acceptors (Lipinski definition) is 4. The van der Waals surface area contributed by atoms with Crippen molar-refractivity contribution in [2.75, 3.05) is 18.2 Å². The maximum atomic E-state index is 12.4. The van der Waals surface area contributed by atoms with Gasteiger partial charge >= 0.3 is 0 Å². The number of pyridine rings is 1. The number of halogens is 1. The second-order valence-electron chi connectivity index (χ2n) is 6.55. The molecule has 3 aromatic rings. The number of anilines is 1. The normalized spacial score (nSPS) is 10.9. The smallest absolute Gasteiger partial charge is 0.234 e. The van der Waals surface area contributed by atoms with Crippen molar-refractivity contribution >= 4 is 45.9 Å². The molecular formula is C21H21ClN2O3S. The second-order valence-corrected chi connectivity index (χ2v) is 7.97. The summed E-state index contributed by atoms with van der Waals surface area (Å²) in [6.07, 6.45) is 0. The van der Waals surface area contributed by atoms with Crippen molar-refractivity contribution in [3.05, 3.63) is 68.5 Å². The first-order chi connectivity index (χ1) is 13.4. The average molecular weight is 417 g/mol. The highest BCUT2D eigenvalue weighted by Crippen LogP contribution is 2.28. The van der Waals surface area contributed by atoms with E-state index < -0.39 is 0 Å². The predicted molar refractivity (Wildman–Crippen MR) is 117 cm³/mol. The van der Waals surface area contributed by atoms with Crippen LogP contribution in [-0.2, 0) is 10.5 Å². The summed E-state index contributed by atoms with van der Waals surface area (Å²) in [7, 11) is 1.53. The molecule has 0 aliphatic carbocycles. The van der Waals surface area contributed by atoms with Gasteiger partial charge in [0.1, 0.15) is 5.75 Å². The van der Waals surface area contributed by atoms with Crippen LogP contribution in [0.4, 0.5) is 5.69 Å². The van der Waals surface area contributed by atoms with Gasteiger partial charge in [-0.2, -0.15) is 0 Å². The Balaban J connectivity index is 1.66. The highest BCUT2D eigenvalue weighted by Gasteiger charge is 2.10. The SMILES string of the molecule is COc1ccc(Cl)cc1NC(=O)CSCc1cc(=O)c2c(C)cc(C)cc2[nH]1. The lowest BCUT2D eigenvalue weighted by atomic mass is 10.1. The molecule has 1 amide bonds. The molecule has 0 aliphatic rings. The van der Waals surface area contributed by atoms with Crippen LogP contribution >= 0.6 is 23.4 Å². The molecule has 0 atom stereocenters. The molecule has 0 radical (unpaired) electrons. The third-order valence-electron chi connectivity index (χ3n) is 4.25. The molecule has 0 fully saturated rings. The molecular weight excluding hydrogens is 396 g/mol. The Kier molecular flexibility index (Phi) is 6.31. The van der Waals surface area contributed by atoms with Crippen LogP contribution < -0.4 is 15.5 Å². The Bertz CT molecular complexity index is 1090. The van der Waals surface area contributed by atoms with E-state index in [0.717, 1.165) is 22.3 Å². The third kappa shape index (κ3) is 4.69. The number of H-pyrrole nitrogens is 1. The number of methoxy groups -OCH3 is 1. The standard InChI is InChI=1S/C21H21ClN2O3S/c1-12-6-13(2)21-17(7-12)23-15(9-18(21)25)10-28-11-20(26)24-16-8-14(22)4-5-19(16)27-3/h4-9H,10-11H2,1-3H3,(H,23,25)(H,24,26). The summed E-state index contributed by atoms with van der Waals surface area (Å²) in [4.78, 5) is 28.0. The van der Waals surface area contributed by atoms with Gasteiger partial charge in [-0.1, -0.05) is 17.7 Å². The number of rotatable bonds is 6. The Labute approximate surface area is 172 Å². The fourth-order valence-electron chi connectivity index (χ4n) is 3.13. The Hall–Kier alpha value is -2.44. The van der Waals surface area contributed by atoms with Gasteiger partial charge in [-0.25, -0.2) is 0 Å². The highest BCUT2D eigenvalue weighted by atomic mass is 35.5. The molecule has 2 aromatic carbocycles. The van der Waals surface area contributed by atoms with Crippen molar-refractivity contribution in [2.45, 2.75) is 19.6 Å². The number of carbonyl (C=O) groups excluding carboxylic acids is 1. The first-order valence-corrected chi connectivity index (χ1v) is 10.2.